The summed E-state index contributed by atoms with van der Waals surface area (Å²) < 4.78 is 0. The Bertz CT molecular complexity index is 674. The molecule has 124 valence electrons. The van der Waals surface area contributed by atoms with Crippen molar-refractivity contribution in [2.24, 2.45) is 0 Å². The molecular weight excluding hydrogens is 294 g/mol. The van der Waals surface area contributed by atoms with E-state index in [1.807, 2.05) is 18.2 Å². The van der Waals surface area contributed by atoms with Gasteiger partial charge in [-0.2, -0.15) is 0 Å². The number of benzene rings is 1. The molecule has 0 aliphatic rings. The molecule has 1 aromatic heterocycles. The number of allylic oxidation sites excluding steroid dienone is 3. The van der Waals surface area contributed by atoms with Gasteiger partial charge in [0.05, 0.1) is 0 Å². The highest BCUT2D eigenvalue weighted by Crippen LogP contribution is 2.14. The van der Waals surface area contributed by atoms with Crippen LogP contribution < -0.4 is 0 Å². The maximum absolute atomic E-state index is 4.65. The second kappa shape index (κ2) is 9.56. The van der Waals surface area contributed by atoms with Crippen LogP contribution in [0.5, 0.6) is 0 Å². The Morgan fingerprint density at radius 1 is 0.708 bits per heavy atom. The molecule has 0 atom stereocenters. The zero-order chi connectivity index (χ0) is 17.2. The number of hydrogen-bond acceptors (Lipinski definition) is 3. The van der Waals surface area contributed by atoms with Gasteiger partial charge >= 0.3 is 0 Å². The van der Waals surface area contributed by atoms with E-state index < -0.39 is 0 Å². The molecule has 0 unspecified atom stereocenters. The summed E-state index contributed by atoms with van der Waals surface area (Å²) in [6.45, 7) is 11.4. The van der Waals surface area contributed by atoms with E-state index in [2.05, 4.69) is 59.0 Å². The van der Waals surface area contributed by atoms with E-state index in [0.717, 1.165) is 49.6 Å². The van der Waals surface area contributed by atoms with Gasteiger partial charge < -0.3 is 0 Å². The van der Waals surface area contributed by atoms with E-state index >= 15 is 0 Å². The zero-order valence-electron chi connectivity index (χ0n) is 14.2. The first-order valence-electron chi connectivity index (χ1n) is 8.39. The summed E-state index contributed by atoms with van der Waals surface area (Å²) in [5.41, 5.74) is 2.51. The number of aryl methyl sites for hydroxylation is 2. The third kappa shape index (κ3) is 5.27. The maximum Gasteiger partial charge on any atom is 0.137 e. The maximum atomic E-state index is 4.65. The normalized spacial score (nSPS) is 10.3. The lowest BCUT2D eigenvalue weighted by Crippen LogP contribution is -2.09. The lowest BCUT2D eigenvalue weighted by atomic mass is 10.0. The van der Waals surface area contributed by atoms with Crippen molar-refractivity contribution >= 4 is 0 Å². The average Bonchev–Trinajstić information content (AvgIpc) is 2.60. The second-order valence-electron chi connectivity index (χ2n) is 5.68. The topological polar surface area (TPSA) is 38.7 Å². The van der Waals surface area contributed by atoms with Crippen LogP contribution in [0.25, 0.3) is 0 Å². The summed E-state index contributed by atoms with van der Waals surface area (Å²) in [7, 11) is 0. The third-order valence-electron chi connectivity index (χ3n) is 3.75. The summed E-state index contributed by atoms with van der Waals surface area (Å²) in [6, 6.07) is 8.38. The number of hydrogen-bond donors (Lipinski definition) is 0. The van der Waals surface area contributed by atoms with Crippen LogP contribution in [-0.2, 0) is 25.7 Å². The summed E-state index contributed by atoms with van der Waals surface area (Å²) in [4.78, 5) is 13.9. The molecule has 0 bridgehead atoms. The molecule has 1 aromatic carbocycles. The molecule has 3 heteroatoms. The van der Waals surface area contributed by atoms with Crippen molar-refractivity contribution in [1.29, 1.82) is 0 Å². The highest BCUT2D eigenvalue weighted by Gasteiger charge is 2.09. The molecule has 0 radical (unpaired) electrons. The lowest BCUT2D eigenvalue weighted by Gasteiger charge is -2.09. The van der Waals surface area contributed by atoms with Crippen molar-refractivity contribution < 1.29 is 0 Å². The minimum atomic E-state index is 0.717. The number of aromatic nitrogens is 3. The molecule has 0 amide bonds. The molecule has 1 heterocycles. The summed E-state index contributed by atoms with van der Waals surface area (Å²) >= 11 is 0. The van der Waals surface area contributed by atoms with Gasteiger partial charge in [-0.1, -0.05) is 42.5 Å². The Morgan fingerprint density at radius 2 is 1.25 bits per heavy atom. The van der Waals surface area contributed by atoms with Crippen molar-refractivity contribution in [3.63, 3.8) is 0 Å². The van der Waals surface area contributed by atoms with Gasteiger partial charge in [-0.05, 0) is 30.4 Å². The highest BCUT2D eigenvalue weighted by atomic mass is 15.0. The smallest absolute Gasteiger partial charge is 0.137 e. The molecule has 0 spiro atoms. The van der Waals surface area contributed by atoms with Crippen molar-refractivity contribution in [3.8, 4) is 0 Å². The van der Waals surface area contributed by atoms with Gasteiger partial charge in [-0.15, -0.1) is 19.7 Å². The van der Waals surface area contributed by atoms with Crippen molar-refractivity contribution in [3.05, 3.63) is 90.8 Å². The molecule has 0 aliphatic carbocycles. The Kier molecular flexibility index (Phi) is 7.09. The fourth-order valence-electron chi connectivity index (χ4n) is 2.54. The molecule has 0 saturated carbocycles. The van der Waals surface area contributed by atoms with Crippen LogP contribution in [-0.4, -0.2) is 15.0 Å². The first-order valence-corrected chi connectivity index (χ1v) is 8.39. The predicted molar refractivity (Wildman–Crippen MR) is 100 cm³/mol. The number of nitrogens with zero attached hydrogens (tertiary/aromatic N) is 3. The van der Waals surface area contributed by atoms with E-state index in [4.69, 9.17) is 0 Å². The fraction of sp³-hybridized carbons (Fsp3) is 0.286. The summed E-state index contributed by atoms with van der Waals surface area (Å²) in [5, 5.41) is 0. The number of rotatable bonds is 10. The first-order chi connectivity index (χ1) is 11.8. The van der Waals surface area contributed by atoms with Crippen LogP contribution in [0.2, 0.25) is 0 Å². The fourth-order valence-corrected chi connectivity index (χ4v) is 2.54. The third-order valence-corrected chi connectivity index (χ3v) is 3.75. The monoisotopic (exact) mass is 319 g/mol. The van der Waals surface area contributed by atoms with Crippen LogP contribution in [0.4, 0.5) is 0 Å². The van der Waals surface area contributed by atoms with Gasteiger partial charge in [0.15, 0.2) is 0 Å². The van der Waals surface area contributed by atoms with Crippen LogP contribution in [0.3, 0.4) is 0 Å². The van der Waals surface area contributed by atoms with Gasteiger partial charge in [-0.3, -0.25) is 0 Å². The Balaban J connectivity index is 2.28. The van der Waals surface area contributed by atoms with Gasteiger partial charge in [0.2, 0.25) is 0 Å². The zero-order valence-corrected chi connectivity index (χ0v) is 14.2. The molecule has 24 heavy (non-hydrogen) atoms. The van der Waals surface area contributed by atoms with Crippen LogP contribution in [0.15, 0.2) is 62.2 Å². The minimum absolute atomic E-state index is 0.717. The van der Waals surface area contributed by atoms with E-state index in [1.165, 1.54) is 11.1 Å². The van der Waals surface area contributed by atoms with E-state index in [1.54, 1.807) is 0 Å². The molecule has 0 saturated heterocycles. The second-order valence-corrected chi connectivity index (χ2v) is 5.68. The van der Waals surface area contributed by atoms with E-state index in [0.29, 0.717) is 6.42 Å². The average molecular weight is 319 g/mol. The van der Waals surface area contributed by atoms with Gasteiger partial charge in [0.1, 0.15) is 17.5 Å². The van der Waals surface area contributed by atoms with Crippen molar-refractivity contribution in [1.82, 2.24) is 15.0 Å². The van der Waals surface area contributed by atoms with Crippen LogP contribution in [0.1, 0.15) is 41.4 Å². The molecule has 2 rings (SSSR count). The van der Waals surface area contributed by atoms with E-state index in [9.17, 15) is 0 Å². The Hall–Kier alpha value is -2.55. The quantitative estimate of drug-likeness (QED) is 0.608. The Morgan fingerprint density at radius 3 is 1.79 bits per heavy atom. The van der Waals surface area contributed by atoms with Gasteiger partial charge in [0.25, 0.3) is 0 Å². The largest absolute Gasteiger partial charge is 0.218 e. The Labute approximate surface area is 144 Å². The molecule has 2 aromatic rings. The highest BCUT2D eigenvalue weighted by molar-refractivity contribution is 5.31. The molecule has 0 aliphatic heterocycles. The van der Waals surface area contributed by atoms with Gasteiger partial charge in [0, 0.05) is 19.3 Å². The molecule has 0 fully saturated rings. The molecule has 3 nitrogen and oxygen atoms in total. The van der Waals surface area contributed by atoms with Crippen molar-refractivity contribution in [2.45, 2.75) is 38.5 Å². The summed E-state index contributed by atoms with van der Waals surface area (Å²) in [6.07, 6.45) is 10.6. The van der Waals surface area contributed by atoms with Crippen molar-refractivity contribution in [2.75, 3.05) is 0 Å². The predicted octanol–water partition coefficient (Wildman–Crippen LogP) is 4.43. The van der Waals surface area contributed by atoms with E-state index in [-0.39, 0.29) is 0 Å². The molecular formula is C21H25N3. The SMILES string of the molecule is C=CCCc1nc(CCC=C)nc(Cc2ccccc2CC=C)n1. The summed E-state index contributed by atoms with van der Waals surface area (Å²) in [5.74, 6) is 2.53. The lowest BCUT2D eigenvalue weighted by molar-refractivity contribution is 0.748. The van der Waals surface area contributed by atoms with Crippen LogP contribution in [0, 0.1) is 0 Å². The molecule has 0 N–H and O–H groups in total. The minimum Gasteiger partial charge on any atom is -0.218 e. The first kappa shape index (κ1) is 17.8. The van der Waals surface area contributed by atoms with Crippen LogP contribution >= 0.6 is 0 Å². The standard InChI is InChI=1S/C21H25N3/c1-4-7-14-19-22-20(15-8-5-2)24-21(23-19)16-18-13-10-9-12-17(18)11-6-3/h4-6,9-10,12-13H,1-3,7-8,11,14-16H2. The van der Waals surface area contributed by atoms with Gasteiger partial charge in [-0.25, -0.2) is 15.0 Å².